The lowest BCUT2D eigenvalue weighted by Gasteiger charge is -2.28. The molecule has 1 N–H and O–H groups in total. The number of nitrogens with zero attached hydrogens (tertiary/aromatic N) is 1. The first-order valence-electron chi connectivity index (χ1n) is 12.6. The normalized spacial score (nSPS) is 14.5. The van der Waals surface area contributed by atoms with Gasteiger partial charge in [-0.1, -0.05) is 71.7 Å². The van der Waals surface area contributed by atoms with Crippen LogP contribution < -0.4 is 0 Å². The van der Waals surface area contributed by atoms with E-state index in [1.54, 1.807) is 18.0 Å². The summed E-state index contributed by atoms with van der Waals surface area (Å²) in [4.78, 5) is 4.12. The Morgan fingerprint density at radius 2 is 1.81 bits per heavy atom. The number of aliphatic hydroxyl groups is 1. The summed E-state index contributed by atoms with van der Waals surface area (Å²) < 4.78 is 45.3. The third-order valence-electron chi connectivity index (χ3n) is 4.60. The molecule has 0 aliphatic heterocycles. The molecule has 3 nitrogen and oxygen atoms in total. The Morgan fingerprint density at radius 3 is 2.31 bits per heavy atom. The highest BCUT2D eigenvalue weighted by Gasteiger charge is 2.33. The Labute approximate surface area is 226 Å². The van der Waals surface area contributed by atoms with Crippen molar-refractivity contribution in [1.29, 1.82) is 0 Å². The van der Waals surface area contributed by atoms with Crippen molar-refractivity contribution >= 4 is 29.6 Å². The quantitative estimate of drug-likeness (QED) is 0.208. The number of allylic oxidation sites excluding steroid dienone is 2. The predicted octanol–water partition coefficient (Wildman–Crippen LogP) is 9.23. The zero-order valence-electron chi connectivity index (χ0n) is 23.0. The number of ether oxygens (including phenoxy) is 1. The number of aliphatic imine (C=N–C) groups is 1. The SMILES string of the molecule is CC.CC/C=C(\OCc1ccc(Cl)c(C(F)(F)F)c1)C(CSC)C(O)C(C)/C=C\C=NCC.CCC. The van der Waals surface area contributed by atoms with E-state index in [-0.39, 0.29) is 23.5 Å². The van der Waals surface area contributed by atoms with Gasteiger partial charge in [0, 0.05) is 24.4 Å². The maximum Gasteiger partial charge on any atom is 0.417 e. The molecule has 1 rings (SSSR count). The van der Waals surface area contributed by atoms with Gasteiger partial charge in [0.2, 0.25) is 0 Å². The first-order valence-corrected chi connectivity index (χ1v) is 14.4. The fourth-order valence-corrected chi connectivity index (χ4v) is 3.91. The molecule has 0 heterocycles. The van der Waals surface area contributed by atoms with E-state index < -0.39 is 17.8 Å². The maximum absolute atomic E-state index is 13.1. The Balaban J connectivity index is 0. The van der Waals surface area contributed by atoms with E-state index in [0.29, 0.717) is 30.0 Å². The molecule has 0 spiro atoms. The summed E-state index contributed by atoms with van der Waals surface area (Å²) in [5.41, 5.74) is -0.524. The molecule has 36 heavy (non-hydrogen) atoms. The number of aliphatic hydroxyl groups excluding tert-OH is 1. The van der Waals surface area contributed by atoms with Gasteiger partial charge in [0.05, 0.1) is 28.4 Å². The number of hydrogen-bond acceptors (Lipinski definition) is 4. The first kappa shape index (κ1) is 36.7. The van der Waals surface area contributed by atoms with Gasteiger partial charge in [-0.3, -0.25) is 4.99 Å². The molecule has 0 saturated carbocycles. The van der Waals surface area contributed by atoms with E-state index in [0.717, 1.165) is 6.07 Å². The van der Waals surface area contributed by atoms with Crippen LogP contribution in [0.25, 0.3) is 0 Å². The molecule has 0 fully saturated rings. The lowest BCUT2D eigenvalue weighted by Crippen LogP contribution is -2.31. The van der Waals surface area contributed by atoms with Crippen LogP contribution in [-0.4, -0.2) is 36.0 Å². The van der Waals surface area contributed by atoms with Gasteiger partial charge in [0.1, 0.15) is 6.61 Å². The minimum absolute atomic E-state index is 0.0446. The summed E-state index contributed by atoms with van der Waals surface area (Å²) in [6.45, 7) is 14.7. The molecule has 0 bridgehead atoms. The number of thioether (sulfide) groups is 1. The topological polar surface area (TPSA) is 41.8 Å². The van der Waals surface area contributed by atoms with Gasteiger partial charge < -0.3 is 9.84 Å². The minimum Gasteiger partial charge on any atom is -0.493 e. The van der Waals surface area contributed by atoms with Crippen molar-refractivity contribution < 1.29 is 23.0 Å². The van der Waals surface area contributed by atoms with Crippen LogP contribution in [0.2, 0.25) is 5.02 Å². The van der Waals surface area contributed by atoms with Crippen LogP contribution >= 0.6 is 23.4 Å². The number of hydrogen-bond donors (Lipinski definition) is 1. The van der Waals surface area contributed by atoms with E-state index >= 15 is 0 Å². The van der Waals surface area contributed by atoms with Crippen LogP contribution in [-0.2, 0) is 17.5 Å². The molecule has 8 heteroatoms. The number of benzene rings is 1. The molecular weight excluding hydrogens is 507 g/mol. The summed E-state index contributed by atoms with van der Waals surface area (Å²) in [5.74, 6) is 0.738. The molecular formula is C28H45ClF3NO2S. The molecule has 1 aromatic rings. The van der Waals surface area contributed by atoms with Crippen molar-refractivity contribution in [1.82, 2.24) is 0 Å². The van der Waals surface area contributed by atoms with E-state index in [1.807, 2.05) is 59.1 Å². The standard InChI is InChI=1S/C23H31ClF3NO2S.C3H8.C2H6/c1-5-8-21(18(15-31-4)22(29)16(3)9-7-12-28-6-2)30-14-17-10-11-20(24)19(13-17)23(25,26)27;1-3-2;1-2/h7-13,16,18,22,29H,5-6,14-15H2,1-4H3;3H2,1-2H3;1-2H3/b9-7-,21-8-,28-12?;;. The second-order valence-electron chi connectivity index (χ2n) is 7.77. The molecule has 0 aromatic heterocycles. The second-order valence-corrected chi connectivity index (χ2v) is 9.08. The van der Waals surface area contributed by atoms with E-state index in [9.17, 15) is 18.3 Å². The lowest BCUT2D eigenvalue weighted by molar-refractivity contribution is -0.137. The smallest absolute Gasteiger partial charge is 0.417 e. The first-order chi connectivity index (χ1) is 17.1. The van der Waals surface area contributed by atoms with E-state index in [1.165, 1.54) is 18.6 Å². The summed E-state index contributed by atoms with van der Waals surface area (Å²) in [6, 6.07) is 3.75. The molecule has 1 aromatic carbocycles. The van der Waals surface area contributed by atoms with Crippen molar-refractivity contribution in [3.63, 3.8) is 0 Å². The van der Waals surface area contributed by atoms with Gasteiger partial charge in [0.25, 0.3) is 0 Å². The van der Waals surface area contributed by atoms with Gasteiger partial charge >= 0.3 is 6.18 Å². The highest BCUT2D eigenvalue weighted by molar-refractivity contribution is 7.98. The molecule has 0 radical (unpaired) electrons. The Hall–Kier alpha value is -1.44. The second kappa shape index (κ2) is 21.6. The fraction of sp³-hybridized carbons (Fsp3) is 0.607. The number of alkyl halides is 3. The highest BCUT2D eigenvalue weighted by atomic mass is 35.5. The summed E-state index contributed by atoms with van der Waals surface area (Å²) >= 11 is 7.27. The van der Waals surface area contributed by atoms with Gasteiger partial charge in [0.15, 0.2) is 0 Å². The molecule has 3 unspecified atom stereocenters. The molecule has 0 saturated heterocycles. The summed E-state index contributed by atoms with van der Waals surface area (Å²) in [7, 11) is 0. The van der Waals surface area contributed by atoms with Crippen molar-refractivity contribution in [2.45, 2.75) is 80.2 Å². The summed E-state index contributed by atoms with van der Waals surface area (Å²) in [6.07, 6.45) is 5.88. The van der Waals surface area contributed by atoms with Gasteiger partial charge in [-0.05, 0) is 49.4 Å². The molecule has 0 aliphatic carbocycles. The van der Waals surface area contributed by atoms with Gasteiger partial charge in [-0.25, -0.2) is 0 Å². The van der Waals surface area contributed by atoms with E-state index in [4.69, 9.17) is 16.3 Å². The van der Waals surface area contributed by atoms with Crippen molar-refractivity contribution in [3.05, 3.63) is 58.3 Å². The van der Waals surface area contributed by atoms with Gasteiger partial charge in [-0.15, -0.1) is 0 Å². The average Bonchev–Trinajstić information content (AvgIpc) is 2.84. The van der Waals surface area contributed by atoms with Crippen molar-refractivity contribution in [2.24, 2.45) is 16.8 Å². The highest BCUT2D eigenvalue weighted by Crippen LogP contribution is 2.35. The zero-order valence-corrected chi connectivity index (χ0v) is 24.6. The van der Waals surface area contributed by atoms with Crippen LogP contribution in [0, 0.1) is 11.8 Å². The average molecular weight is 552 g/mol. The molecule has 208 valence electrons. The third-order valence-corrected chi connectivity index (χ3v) is 5.62. The molecule has 0 aliphatic rings. The number of halogens is 4. The van der Waals surface area contributed by atoms with Crippen LogP contribution in [0.4, 0.5) is 13.2 Å². The molecule has 0 amide bonds. The Morgan fingerprint density at radius 1 is 1.19 bits per heavy atom. The Bertz CT molecular complexity index is 783. The summed E-state index contributed by atoms with van der Waals surface area (Å²) in [5, 5.41) is 10.6. The molecule has 3 atom stereocenters. The monoisotopic (exact) mass is 551 g/mol. The zero-order chi connectivity index (χ0) is 28.1. The predicted molar refractivity (Wildman–Crippen MR) is 152 cm³/mol. The van der Waals surface area contributed by atoms with Crippen molar-refractivity contribution in [2.75, 3.05) is 18.6 Å². The van der Waals surface area contributed by atoms with E-state index in [2.05, 4.69) is 18.8 Å². The van der Waals surface area contributed by atoms with Crippen LogP contribution in [0.5, 0.6) is 0 Å². The Kier molecular flexibility index (Phi) is 22.1. The van der Waals surface area contributed by atoms with Crippen LogP contribution in [0.1, 0.15) is 72.4 Å². The lowest BCUT2D eigenvalue weighted by atomic mass is 9.91. The maximum atomic E-state index is 13.1. The van der Waals surface area contributed by atoms with Crippen LogP contribution in [0.15, 0.2) is 47.2 Å². The van der Waals surface area contributed by atoms with Crippen LogP contribution in [0.3, 0.4) is 0 Å². The number of rotatable bonds is 12. The minimum atomic E-state index is -4.53. The fourth-order valence-electron chi connectivity index (χ4n) is 2.96. The largest absolute Gasteiger partial charge is 0.493 e. The van der Waals surface area contributed by atoms with Gasteiger partial charge in [-0.2, -0.15) is 24.9 Å². The van der Waals surface area contributed by atoms with Crippen molar-refractivity contribution in [3.8, 4) is 0 Å². The third kappa shape index (κ3) is 15.0.